The van der Waals surface area contributed by atoms with Gasteiger partial charge in [0.25, 0.3) is 5.91 Å². The van der Waals surface area contributed by atoms with Gasteiger partial charge < -0.3 is 10.2 Å². The minimum absolute atomic E-state index is 0.00814. The van der Waals surface area contributed by atoms with E-state index < -0.39 is 5.66 Å². The molecule has 33 heavy (non-hydrogen) atoms. The molecule has 2 aliphatic rings. The summed E-state index contributed by atoms with van der Waals surface area (Å²) in [5.41, 5.74) is 4.26. The Morgan fingerprint density at radius 1 is 1.00 bits per heavy atom. The monoisotopic (exact) mass is 438 g/mol. The fourth-order valence-corrected chi connectivity index (χ4v) is 4.76. The molecule has 6 nitrogen and oxygen atoms in total. The number of nitrogens with one attached hydrogen (secondary N) is 1. The van der Waals surface area contributed by atoms with Gasteiger partial charge in [-0.2, -0.15) is 0 Å². The normalized spacial score (nSPS) is 16.8. The van der Waals surface area contributed by atoms with Gasteiger partial charge in [-0.15, -0.1) is 0 Å². The Morgan fingerprint density at radius 3 is 2.45 bits per heavy atom. The standard InChI is InChI=1S/C27H26N4O2/c1-19-7-6-8-22(17-19)29-24(32)18-31-26(33)25(30-27(31)14-3-4-15-27)21-12-10-20(11-13-21)23-9-2-5-16-28-23/h2,5-13,16-17H,3-4,14-15,18H2,1H3,(H,29,32). The summed E-state index contributed by atoms with van der Waals surface area (Å²) in [5, 5.41) is 2.93. The Kier molecular flexibility index (Phi) is 5.50. The zero-order valence-electron chi connectivity index (χ0n) is 18.6. The molecular formula is C27H26N4O2. The lowest BCUT2D eigenvalue weighted by atomic mass is 10.0. The molecule has 2 aromatic carbocycles. The average Bonchev–Trinajstić information content (AvgIpc) is 3.40. The minimum Gasteiger partial charge on any atom is -0.325 e. The van der Waals surface area contributed by atoms with Crippen LogP contribution < -0.4 is 5.32 Å². The molecule has 1 aromatic heterocycles. The smallest absolute Gasteiger partial charge is 0.275 e. The summed E-state index contributed by atoms with van der Waals surface area (Å²) in [4.78, 5) is 37.3. The van der Waals surface area contributed by atoms with E-state index in [0.29, 0.717) is 5.71 Å². The molecule has 1 N–H and O–H groups in total. The van der Waals surface area contributed by atoms with Crippen LogP contribution in [0.4, 0.5) is 5.69 Å². The number of aromatic nitrogens is 1. The van der Waals surface area contributed by atoms with Crippen LogP contribution in [0.15, 0.2) is 77.9 Å². The van der Waals surface area contributed by atoms with Crippen LogP contribution in [0, 0.1) is 6.92 Å². The van der Waals surface area contributed by atoms with Crippen LogP contribution in [0.5, 0.6) is 0 Å². The van der Waals surface area contributed by atoms with E-state index >= 15 is 0 Å². The van der Waals surface area contributed by atoms with Crippen LogP contribution in [0.3, 0.4) is 0 Å². The van der Waals surface area contributed by atoms with Crippen molar-refractivity contribution in [3.63, 3.8) is 0 Å². The predicted molar refractivity (Wildman–Crippen MR) is 129 cm³/mol. The summed E-state index contributed by atoms with van der Waals surface area (Å²) in [6.45, 7) is 1.97. The van der Waals surface area contributed by atoms with Crippen LogP contribution in [-0.4, -0.2) is 39.6 Å². The number of carbonyl (C=O) groups is 2. The van der Waals surface area contributed by atoms with Gasteiger partial charge in [0.2, 0.25) is 5.91 Å². The number of hydrogen-bond donors (Lipinski definition) is 1. The first-order valence-electron chi connectivity index (χ1n) is 11.3. The van der Waals surface area contributed by atoms with Gasteiger partial charge in [-0.3, -0.25) is 19.6 Å². The van der Waals surface area contributed by atoms with E-state index in [9.17, 15) is 9.59 Å². The van der Waals surface area contributed by atoms with Crippen molar-refractivity contribution in [1.82, 2.24) is 9.88 Å². The number of pyridine rings is 1. The van der Waals surface area contributed by atoms with E-state index in [1.54, 1.807) is 11.1 Å². The van der Waals surface area contributed by atoms with Crippen molar-refractivity contribution >= 4 is 23.2 Å². The summed E-state index contributed by atoms with van der Waals surface area (Å²) < 4.78 is 0. The number of aliphatic imine (C=N–C) groups is 1. The molecule has 6 heteroatoms. The molecule has 1 aliphatic carbocycles. The molecule has 2 amide bonds. The van der Waals surface area contributed by atoms with Gasteiger partial charge in [-0.05, 0) is 62.4 Å². The lowest BCUT2D eigenvalue weighted by Crippen LogP contribution is -2.48. The van der Waals surface area contributed by atoms with Gasteiger partial charge in [0, 0.05) is 23.0 Å². The van der Waals surface area contributed by atoms with Gasteiger partial charge in [0.05, 0.1) is 5.69 Å². The SMILES string of the molecule is Cc1cccc(NC(=O)CN2C(=O)C(c3ccc(-c4ccccn4)cc3)=NC23CCCC3)c1. The third-order valence-corrected chi connectivity index (χ3v) is 6.40. The Hall–Kier alpha value is -3.80. The number of hydrogen-bond acceptors (Lipinski definition) is 4. The third kappa shape index (κ3) is 4.16. The second kappa shape index (κ2) is 8.62. The summed E-state index contributed by atoms with van der Waals surface area (Å²) >= 11 is 0. The van der Waals surface area contributed by atoms with E-state index in [4.69, 9.17) is 4.99 Å². The van der Waals surface area contributed by atoms with Crippen molar-refractivity contribution in [3.05, 3.63) is 84.1 Å². The number of carbonyl (C=O) groups excluding carboxylic acids is 2. The summed E-state index contributed by atoms with van der Waals surface area (Å²) in [6.07, 6.45) is 5.33. The Bertz CT molecular complexity index is 1210. The molecule has 1 fully saturated rings. The molecule has 0 saturated heterocycles. The number of aryl methyl sites for hydroxylation is 1. The second-order valence-corrected chi connectivity index (χ2v) is 8.75. The predicted octanol–water partition coefficient (Wildman–Crippen LogP) is 4.60. The summed E-state index contributed by atoms with van der Waals surface area (Å²) in [7, 11) is 0. The maximum atomic E-state index is 13.5. The molecule has 0 radical (unpaired) electrons. The topological polar surface area (TPSA) is 74.7 Å². The van der Waals surface area contributed by atoms with Gasteiger partial charge in [0.1, 0.15) is 17.9 Å². The molecule has 1 spiro atoms. The fraction of sp³-hybridized carbons (Fsp3) is 0.259. The third-order valence-electron chi connectivity index (χ3n) is 6.40. The van der Waals surface area contributed by atoms with Crippen LogP contribution >= 0.6 is 0 Å². The molecule has 1 saturated carbocycles. The van der Waals surface area contributed by atoms with Crippen LogP contribution in [-0.2, 0) is 9.59 Å². The Labute approximate surface area is 193 Å². The Balaban J connectivity index is 1.37. The van der Waals surface area contributed by atoms with Crippen LogP contribution in [0.1, 0.15) is 36.8 Å². The highest BCUT2D eigenvalue weighted by Gasteiger charge is 2.49. The van der Waals surface area contributed by atoms with E-state index in [-0.39, 0.29) is 18.4 Å². The van der Waals surface area contributed by atoms with E-state index in [1.165, 1.54) is 0 Å². The number of anilines is 1. The van der Waals surface area contributed by atoms with Crippen molar-refractivity contribution in [3.8, 4) is 11.3 Å². The molecule has 1 aliphatic heterocycles. The van der Waals surface area contributed by atoms with Gasteiger partial charge >= 0.3 is 0 Å². The van der Waals surface area contributed by atoms with Crippen molar-refractivity contribution in [2.75, 3.05) is 11.9 Å². The molecule has 3 aromatic rings. The lowest BCUT2D eigenvalue weighted by molar-refractivity contribution is -0.132. The largest absolute Gasteiger partial charge is 0.325 e. The first-order valence-corrected chi connectivity index (χ1v) is 11.3. The first-order chi connectivity index (χ1) is 16.0. The minimum atomic E-state index is -0.615. The van der Waals surface area contributed by atoms with E-state index in [0.717, 1.165) is 53.8 Å². The second-order valence-electron chi connectivity index (χ2n) is 8.75. The van der Waals surface area contributed by atoms with Crippen LogP contribution in [0.25, 0.3) is 11.3 Å². The molecular weight excluding hydrogens is 412 g/mol. The highest BCUT2D eigenvalue weighted by Crippen LogP contribution is 2.41. The Morgan fingerprint density at radius 2 is 1.76 bits per heavy atom. The zero-order valence-corrected chi connectivity index (χ0v) is 18.6. The van der Waals surface area contributed by atoms with E-state index in [1.807, 2.05) is 73.7 Å². The summed E-state index contributed by atoms with van der Waals surface area (Å²) in [6, 6.07) is 21.2. The van der Waals surface area contributed by atoms with Crippen molar-refractivity contribution in [1.29, 1.82) is 0 Å². The van der Waals surface area contributed by atoms with Gasteiger partial charge in [-0.25, -0.2) is 0 Å². The molecule has 0 bridgehead atoms. The molecule has 166 valence electrons. The van der Waals surface area contributed by atoms with Crippen molar-refractivity contribution in [2.24, 2.45) is 4.99 Å². The fourth-order valence-electron chi connectivity index (χ4n) is 4.76. The zero-order chi connectivity index (χ0) is 22.8. The lowest BCUT2D eigenvalue weighted by Gasteiger charge is -2.32. The maximum absolute atomic E-state index is 13.5. The van der Waals surface area contributed by atoms with Crippen LogP contribution in [0.2, 0.25) is 0 Å². The number of nitrogens with zero attached hydrogens (tertiary/aromatic N) is 3. The number of rotatable bonds is 5. The first kappa shape index (κ1) is 21.1. The molecule has 5 rings (SSSR count). The van der Waals surface area contributed by atoms with E-state index in [2.05, 4.69) is 10.3 Å². The quantitative estimate of drug-likeness (QED) is 0.633. The number of amides is 2. The van der Waals surface area contributed by atoms with Gasteiger partial charge in [0.15, 0.2) is 0 Å². The maximum Gasteiger partial charge on any atom is 0.275 e. The molecule has 0 unspecified atom stereocenters. The highest BCUT2D eigenvalue weighted by molar-refractivity contribution is 6.47. The summed E-state index contributed by atoms with van der Waals surface area (Å²) in [5.74, 6) is -0.385. The van der Waals surface area contributed by atoms with Crippen molar-refractivity contribution in [2.45, 2.75) is 38.3 Å². The van der Waals surface area contributed by atoms with Crippen molar-refractivity contribution < 1.29 is 9.59 Å². The number of benzene rings is 2. The molecule has 0 atom stereocenters. The highest BCUT2D eigenvalue weighted by atomic mass is 16.2. The van der Waals surface area contributed by atoms with Gasteiger partial charge in [-0.1, -0.05) is 42.5 Å². The average molecular weight is 439 g/mol. The molecule has 2 heterocycles.